The van der Waals surface area contributed by atoms with Crippen LogP contribution in [-0.4, -0.2) is 34.7 Å². The van der Waals surface area contributed by atoms with Crippen molar-refractivity contribution in [2.45, 2.75) is 18.1 Å². The highest BCUT2D eigenvalue weighted by Crippen LogP contribution is 2.25. The molecule has 20 heavy (non-hydrogen) atoms. The molecule has 3 N–H and O–H groups in total. The van der Waals surface area contributed by atoms with E-state index in [9.17, 15) is 9.59 Å². The van der Waals surface area contributed by atoms with Gasteiger partial charge in [0.1, 0.15) is 0 Å². The second kappa shape index (κ2) is 6.85. The molecule has 0 spiro atoms. The van der Waals surface area contributed by atoms with Crippen molar-refractivity contribution in [3.05, 3.63) is 28.8 Å². The van der Waals surface area contributed by atoms with Crippen molar-refractivity contribution in [2.75, 3.05) is 17.6 Å². The molecule has 108 valence electrons. The number of hydrogen-bond donors (Lipinski definition) is 3. The minimum atomic E-state index is -1.09. The molecular weight excluding hydrogens is 300 g/mol. The number of carbonyl (C=O) groups is 2. The second-order valence-electron chi connectivity index (χ2n) is 4.47. The van der Waals surface area contributed by atoms with Gasteiger partial charge in [0.25, 0.3) is 0 Å². The van der Waals surface area contributed by atoms with Crippen molar-refractivity contribution in [1.82, 2.24) is 5.32 Å². The van der Waals surface area contributed by atoms with Gasteiger partial charge in [-0.05, 0) is 36.8 Å². The zero-order chi connectivity index (χ0) is 14.5. The van der Waals surface area contributed by atoms with Crippen molar-refractivity contribution in [3.63, 3.8) is 0 Å². The molecule has 1 heterocycles. The highest BCUT2D eigenvalue weighted by atomic mass is 35.5. The van der Waals surface area contributed by atoms with Gasteiger partial charge in [0, 0.05) is 17.5 Å². The Morgan fingerprint density at radius 3 is 2.85 bits per heavy atom. The van der Waals surface area contributed by atoms with Crippen LogP contribution in [0.5, 0.6) is 0 Å². The third-order valence-corrected chi connectivity index (χ3v) is 4.68. The van der Waals surface area contributed by atoms with Gasteiger partial charge in [-0.3, -0.25) is 0 Å². The molecule has 5 nitrogen and oxygen atoms in total. The number of carboxylic acids is 1. The Balaban J connectivity index is 1.87. The highest BCUT2D eigenvalue weighted by molar-refractivity contribution is 8.00. The summed E-state index contributed by atoms with van der Waals surface area (Å²) in [5.74, 6) is 0.0597. The van der Waals surface area contributed by atoms with Gasteiger partial charge < -0.3 is 15.7 Å². The Bertz CT molecular complexity index is 518. The summed E-state index contributed by atoms with van der Waals surface area (Å²) in [4.78, 5) is 22.5. The summed E-state index contributed by atoms with van der Waals surface area (Å²) >= 11 is 7.70. The van der Waals surface area contributed by atoms with Crippen LogP contribution in [0.2, 0.25) is 5.02 Å². The highest BCUT2D eigenvalue weighted by Gasteiger charge is 2.16. The van der Waals surface area contributed by atoms with Crippen molar-refractivity contribution in [1.29, 1.82) is 0 Å². The first-order valence-electron chi connectivity index (χ1n) is 6.25. The molecule has 1 aliphatic rings. The number of anilines is 1. The average Bonchev–Trinajstić information content (AvgIpc) is 2.89. The fraction of sp³-hybridized carbons (Fsp3) is 0.385. The summed E-state index contributed by atoms with van der Waals surface area (Å²) in [7, 11) is 0. The minimum absolute atomic E-state index is 0.0139. The van der Waals surface area contributed by atoms with Crippen LogP contribution < -0.4 is 10.6 Å². The molecule has 2 amide bonds. The SMILES string of the molecule is O=C(NCC1CCCS1)Nc1ccc(C(=O)O)c(Cl)c1. The van der Waals surface area contributed by atoms with Gasteiger partial charge in [-0.2, -0.15) is 11.8 Å². The van der Waals surface area contributed by atoms with Crippen molar-refractivity contribution < 1.29 is 14.7 Å². The molecule has 1 saturated heterocycles. The summed E-state index contributed by atoms with van der Waals surface area (Å²) in [6, 6.07) is 4.00. The molecule has 1 aromatic carbocycles. The summed E-state index contributed by atoms with van der Waals surface area (Å²) < 4.78 is 0. The van der Waals surface area contributed by atoms with Gasteiger partial charge in [0.05, 0.1) is 10.6 Å². The number of amides is 2. The number of nitrogens with one attached hydrogen (secondary N) is 2. The van der Waals surface area contributed by atoms with E-state index >= 15 is 0 Å². The minimum Gasteiger partial charge on any atom is -0.478 e. The molecule has 0 aromatic heterocycles. The molecule has 2 rings (SSSR count). The lowest BCUT2D eigenvalue weighted by atomic mass is 10.2. The first kappa shape index (κ1) is 15.0. The Labute approximate surface area is 126 Å². The number of carboxylic acid groups (broad SMARTS) is 1. The van der Waals surface area contributed by atoms with E-state index in [2.05, 4.69) is 10.6 Å². The Hall–Kier alpha value is -1.40. The van der Waals surface area contributed by atoms with Gasteiger partial charge >= 0.3 is 12.0 Å². The third kappa shape index (κ3) is 4.05. The molecule has 1 atom stereocenters. The van der Waals surface area contributed by atoms with E-state index in [1.165, 1.54) is 24.6 Å². The van der Waals surface area contributed by atoms with E-state index < -0.39 is 5.97 Å². The maximum Gasteiger partial charge on any atom is 0.337 e. The number of benzene rings is 1. The van der Waals surface area contributed by atoms with Crippen LogP contribution in [0.15, 0.2) is 18.2 Å². The maximum absolute atomic E-state index is 11.7. The van der Waals surface area contributed by atoms with Crippen molar-refractivity contribution in [3.8, 4) is 0 Å². The Morgan fingerprint density at radius 2 is 2.25 bits per heavy atom. The molecular formula is C13H15ClN2O3S. The topological polar surface area (TPSA) is 78.4 Å². The molecule has 1 aliphatic heterocycles. The fourth-order valence-electron chi connectivity index (χ4n) is 1.95. The Kier molecular flexibility index (Phi) is 5.14. The van der Waals surface area contributed by atoms with Gasteiger partial charge in [0.15, 0.2) is 0 Å². The van der Waals surface area contributed by atoms with Crippen molar-refractivity contribution in [2.24, 2.45) is 0 Å². The molecule has 0 bridgehead atoms. The summed E-state index contributed by atoms with van der Waals surface area (Å²) in [6.45, 7) is 0.636. The predicted molar refractivity (Wildman–Crippen MR) is 80.9 cm³/mol. The van der Waals surface area contributed by atoms with E-state index in [0.717, 1.165) is 12.2 Å². The van der Waals surface area contributed by atoms with Gasteiger partial charge in [0.2, 0.25) is 0 Å². The number of rotatable bonds is 4. The lowest BCUT2D eigenvalue weighted by Crippen LogP contribution is -2.33. The number of hydrogen-bond acceptors (Lipinski definition) is 3. The summed E-state index contributed by atoms with van der Waals surface area (Å²) in [6.07, 6.45) is 2.33. The van der Waals surface area contributed by atoms with Crippen LogP contribution in [0.3, 0.4) is 0 Å². The predicted octanol–water partition coefficient (Wildman–Crippen LogP) is 3.06. The molecule has 0 saturated carbocycles. The number of urea groups is 1. The van der Waals surface area contributed by atoms with Crippen molar-refractivity contribution >= 4 is 41.1 Å². The standard InChI is InChI=1S/C13H15ClN2O3S/c14-11-6-8(3-4-10(11)12(17)18)16-13(19)15-7-9-2-1-5-20-9/h3-4,6,9H,1-2,5,7H2,(H,17,18)(H2,15,16,19). The maximum atomic E-state index is 11.7. The molecule has 1 unspecified atom stereocenters. The van der Waals surface area contributed by atoms with E-state index in [1.807, 2.05) is 11.8 Å². The largest absolute Gasteiger partial charge is 0.478 e. The van der Waals surface area contributed by atoms with E-state index in [1.54, 1.807) is 0 Å². The van der Waals surface area contributed by atoms with Crippen LogP contribution in [0.4, 0.5) is 10.5 Å². The second-order valence-corrected chi connectivity index (χ2v) is 6.29. The Morgan fingerprint density at radius 1 is 1.45 bits per heavy atom. The number of thioether (sulfide) groups is 1. The van der Waals surface area contributed by atoms with Crippen LogP contribution in [0.25, 0.3) is 0 Å². The van der Waals surface area contributed by atoms with Gasteiger partial charge in [-0.15, -0.1) is 0 Å². The quantitative estimate of drug-likeness (QED) is 0.798. The lowest BCUT2D eigenvalue weighted by molar-refractivity contribution is 0.0697. The summed E-state index contributed by atoms with van der Waals surface area (Å²) in [5, 5.41) is 14.9. The molecule has 0 radical (unpaired) electrons. The third-order valence-electron chi connectivity index (χ3n) is 2.97. The number of halogens is 1. The molecule has 1 aromatic rings. The molecule has 7 heteroatoms. The molecule has 1 fully saturated rings. The monoisotopic (exact) mass is 314 g/mol. The number of aromatic carboxylic acids is 1. The average molecular weight is 315 g/mol. The lowest BCUT2D eigenvalue weighted by Gasteiger charge is -2.11. The van der Waals surface area contributed by atoms with Crippen LogP contribution >= 0.6 is 23.4 Å². The van der Waals surface area contributed by atoms with Crippen LogP contribution in [-0.2, 0) is 0 Å². The van der Waals surface area contributed by atoms with Crippen LogP contribution in [0, 0.1) is 0 Å². The zero-order valence-corrected chi connectivity index (χ0v) is 12.3. The van der Waals surface area contributed by atoms with E-state index in [4.69, 9.17) is 16.7 Å². The number of carbonyl (C=O) groups excluding carboxylic acids is 1. The smallest absolute Gasteiger partial charge is 0.337 e. The fourth-order valence-corrected chi connectivity index (χ4v) is 3.42. The van der Waals surface area contributed by atoms with E-state index in [-0.39, 0.29) is 16.6 Å². The zero-order valence-electron chi connectivity index (χ0n) is 10.7. The van der Waals surface area contributed by atoms with Gasteiger partial charge in [-0.25, -0.2) is 9.59 Å². The summed E-state index contributed by atoms with van der Waals surface area (Å²) in [5.41, 5.74) is 0.483. The first-order valence-corrected chi connectivity index (χ1v) is 7.68. The molecule has 0 aliphatic carbocycles. The first-order chi connectivity index (χ1) is 9.56. The van der Waals surface area contributed by atoms with E-state index in [0.29, 0.717) is 17.5 Å². The van der Waals surface area contributed by atoms with Crippen LogP contribution in [0.1, 0.15) is 23.2 Å². The van der Waals surface area contributed by atoms with Gasteiger partial charge in [-0.1, -0.05) is 11.6 Å². The normalized spacial score (nSPS) is 17.8.